The summed E-state index contributed by atoms with van der Waals surface area (Å²) in [4.78, 5) is 12.0. The number of carbonyl (C=O) groups excluding carboxylic acids is 1. The first kappa shape index (κ1) is 12.4. The molecule has 0 fully saturated rings. The molecule has 4 nitrogen and oxygen atoms in total. The number of hydrogen-bond donors (Lipinski definition) is 2. The second-order valence-corrected chi connectivity index (χ2v) is 4.24. The fourth-order valence-corrected chi connectivity index (χ4v) is 2.06. The molecule has 0 aliphatic carbocycles. The molecule has 1 rings (SSSR count). The fraction of sp³-hybridized carbons (Fsp3) is 0.444. The van der Waals surface area contributed by atoms with Crippen LogP contribution in [-0.4, -0.2) is 37.4 Å². The summed E-state index contributed by atoms with van der Waals surface area (Å²) in [5.74, 6) is -0.273. The van der Waals surface area contributed by atoms with Crippen LogP contribution in [0.2, 0.25) is 5.02 Å². The van der Waals surface area contributed by atoms with Crippen LogP contribution in [0.15, 0.2) is 11.4 Å². The minimum absolute atomic E-state index is 0.154. The Bertz CT molecular complexity index is 329. The quantitative estimate of drug-likeness (QED) is 0.823. The summed E-state index contributed by atoms with van der Waals surface area (Å²) in [6.45, 7) is 0.347. The molecule has 1 aromatic heterocycles. The van der Waals surface area contributed by atoms with Gasteiger partial charge in [0, 0.05) is 13.7 Å². The maximum atomic E-state index is 11.5. The van der Waals surface area contributed by atoms with E-state index in [1.165, 1.54) is 18.4 Å². The number of halogens is 1. The molecule has 1 amide bonds. The zero-order valence-corrected chi connectivity index (χ0v) is 9.77. The molecule has 0 radical (unpaired) electrons. The van der Waals surface area contributed by atoms with Crippen molar-refractivity contribution < 1.29 is 14.6 Å². The molecule has 84 valence electrons. The standard InChI is InChI=1S/C9H12ClNO3S/c1-14-5-6(12)4-11-9(13)8-7(10)2-3-15-8/h2-3,6,12H,4-5H2,1H3,(H,11,13). The highest BCUT2D eigenvalue weighted by Gasteiger charge is 2.12. The van der Waals surface area contributed by atoms with E-state index in [1.807, 2.05) is 0 Å². The Kier molecular flexibility index (Phi) is 5.04. The highest BCUT2D eigenvalue weighted by molar-refractivity contribution is 7.12. The summed E-state index contributed by atoms with van der Waals surface area (Å²) in [7, 11) is 1.49. The van der Waals surface area contributed by atoms with Gasteiger partial charge in [-0.3, -0.25) is 4.79 Å². The van der Waals surface area contributed by atoms with Crippen molar-refractivity contribution in [2.24, 2.45) is 0 Å². The van der Waals surface area contributed by atoms with E-state index >= 15 is 0 Å². The lowest BCUT2D eigenvalue weighted by Crippen LogP contribution is -2.34. The van der Waals surface area contributed by atoms with Crippen LogP contribution in [0.5, 0.6) is 0 Å². The van der Waals surface area contributed by atoms with Gasteiger partial charge < -0.3 is 15.2 Å². The van der Waals surface area contributed by atoms with Crippen molar-refractivity contribution in [1.29, 1.82) is 0 Å². The van der Waals surface area contributed by atoms with Crippen molar-refractivity contribution in [1.82, 2.24) is 5.32 Å². The van der Waals surface area contributed by atoms with Gasteiger partial charge in [-0.05, 0) is 11.4 Å². The Morgan fingerprint density at radius 3 is 3.07 bits per heavy atom. The van der Waals surface area contributed by atoms with Crippen molar-refractivity contribution in [3.8, 4) is 0 Å². The average molecular weight is 250 g/mol. The summed E-state index contributed by atoms with van der Waals surface area (Å²) < 4.78 is 4.73. The van der Waals surface area contributed by atoms with E-state index in [2.05, 4.69) is 5.32 Å². The van der Waals surface area contributed by atoms with Crippen LogP contribution in [0.1, 0.15) is 9.67 Å². The first-order chi connectivity index (χ1) is 7.15. The largest absolute Gasteiger partial charge is 0.389 e. The Morgan fingerprint density at radius 2 is 2.53 bits per heavy atom. The van der Waals surface area contributed by atoms with Crippen molar-refractivity contribution in [3.05, 3.63) is 21.3 Å². The molecule has 0 saturated carbocycles. The van der Waals surface area contributed by atoms with E-state index in [0.29, 0.717) is 9.90 Å². The lowest BCUT2D eigenvalue weighted by atomic mass is 10.3. The van der Waals surface area contributed by atoms with Crippen LogP contribution in [-0.2, 0) is 4.74 Å². The lowest BCUT2D eigenvalue weighted by molar-refractivity contribution is 0.0611. The topological polar surface area (TPSA) is 58.6 Å². The zero-order chi connectivity index (χ0) is 11.3. The molecule has 1 aromatic rings. The number of carbonyl (C=O) groups is 1. The van der Waals surface area contributed by atoms with Crippen LogP contribution in [0.3, 0.4) is 0 Å². The first-order valence-electron chi connectivity index (χ1n) is 4.33. The number of amides is 1. The number of rotatable bonds is 5. The van der Waals surface area contributed by atoms with Crippen LogP contribution < -0.4 is 5.32 Å². The van der Waals surface area contributed by atoms with E-state index in [9.17, 15) is 9.90 Å². The number of methoxy groups -OCH3 is 1. The van der Waals surface area contributed by atoms with E-state index in [4.69, 9.17) is 16.3 Å². The van der Waals surface area contributed by atoms with Crippen LogP contribution >= 0.6 is 22.9 Å². The zero-order valence-electron chi connectivity index (χ0n) is 8.20. The third-order valence-corrected chi connectivity index (χ3v) is 3.02. The summed E-state index contributed by atoms with van der Waals surface area (Å²) in [6.07, 6.45) is -0.697. The van der Waals surface area contributed by atoms with E-state index in [-0.39, 0.29) is 19.1 Å². The van der Waals surface area contributed by atoms with Crippen molar-refractivity contribution in [2.75, 3.05) is 20.3 Å². The van der Waals surface area contributed by atoms with Crippen LogP contribution in [0, 0.1) is 0 Å². The number of nitrogens with one attached hydrogen (secondary N) is 1. The molecule has 0 aliphatic rings. The molecule has 0 spiro atoms. The van der Waals surface area contributed by atoms with Crippen molar-refractivity contribution in [3.63, 3.8) is 0 Å². The Balaban J connectivity index is 2.40. The number of thiophene rings is 1. The maximum Gasteiger partial charge on any atom is 0.262 e. The number of ether oxygens (including phenoxy) is 1. The molecule has 0 bridgehead atoms. The third-order valence-electron chi connectivity index (χ3n) is 1.68. The molecule has 6 heteroatoms. The summed E-state index contributed by atoms with van der Waals surface area (Å²) in [5.41, 5.74) is 0. The van der Waals surface area contributed by atoms with Gasteiger partial charge in [0.1, 0.15) is 4.88 Å². The van der Waals surface area contributed by atoms with Crippen LogP contribution in [0.4, 0.5) is 0 Å². The van der Waals surface area contributed by atoms with Gasteiger partial charge in [-0.1, -0.05) is 11.6 Å². The van der Waals surface area contributed by atoms with E-state index < -0.39 is 6.10 Å². The number of aliphatic hydroxyl groups excluding tert-OH is 1. The van der Waals surface area contributed by atoms with E-state index in [1.54, 1.807) is 11.4 Å². The molecule has 0 aliphatic heterocycles. The van der Waals surface area contributed by atoms with Gasteiger partial charge >= 0.3 is 0 Å². The summed E-state index contributed by atoms with van der Waals surface area (Å²) in [6, 6.07) is 1.66. The molecule has 1 heterocycles. The minimum Gasteiger partial charge on any atom is -0.389 e. The van der Waals surface area contributed by atoms with Gasteiger partial charge in [0.05, 0.1) is 17.7 Å². The van der Waals surface area contributed by atoms with Gasteiger partial charge in [-0.2, -0.15) is 0 Å². The first-order valence-corrected chi connectivity index (χ1v) is 5.59. The molecule has 15 heavy (non-hydrogen) atoms. The monoisotopic (exact) mass is 249 g/mol. The van der Waals surface area contributed by atoms with Gasteiger partial charge in [0.25, 0.3) is 5.91 Å². The number of aliphatic hydroxyl groups is 1. The third kappa shape index (κ3) is 3.79. The summed E-state index contributed by atoms with van der Waals surface area (Å²) in [5, 5.41) is 14.0. The SMILES string of the molecule is COCC(O)CNC(=O)c1sccc1Cl. The molecule has 0 saturated heterocycles. The second-order valence-electron chi connectivity index (χ2n) is 2.92. The highest BCUT2D eigenvalue weighted by Crippen LogP contribution is 2.21. The number of hydrogen-bond acceptors (Lipinski definition) is 4. The normalized spacial score (nSPS) is 12.5. The molecule has 0 aromatic carbocycles. The second kappa shape index (κ2) is 6.07. The molecule has 1 unspecified atom stereocenters. The van der Waals surface area contributed by atoms with Crippen molar-refractivity contribution >= 4 is 28.8 Å². The Hall–Kier alpha value is -0.620. The minimum atomic E-state index is -0.697. The predicted octanol–water partition coefficient (Wildman–Crippen LogP) is 1.14. The predicted molar refractivity (Wildman–Crippen MR) is 59.5 cm³/mol. The van der Waals surface area contributed by atoms with E-state index in [0.717, 1.165) is 0 Å². The molecular formula is C9H12ClNO3S. The van der Waals surface area contributed by atoms with Gasteiger partial charge in [-0.15, -0.1) is 11.3 Å². The fourth-order valence-electron chi connectivity index (χ4n) is 0.998. The van der Waals surface area contributed by atoms with Gasteiger partial charge in [0.15, 0.2) is 0 Å². The summed E-state index contributed by atoms with van der Waals surface area (Å²) >= 11 is 7.04. The van der Waals surface area contributed by atoms with Crippen LogP contribution in [0.25, 0.3) is 0 Å². The lowest BCUT2D eigenvalue weighted by Gasteiger charge is -2.09. The molecule has 2 N–H and O–H groups in total. The average Bonchev–Trinajstić information content (AvgIpc) is 2.61. The smallest absolute Gasteiger partial charge is 0.262 e. The Labute approximate surface area is 96.8 Å². The van der Waals surface area contributed by atoms with Crippen molar-refractivity contribution in [2.45, 2.75) is 6.10 Å². The maximum absolute atomic E-state index is 11.5. The van der Waals surface area contributed by atoms with Gasteiger partial charge in [0.2, 0.25) is 0 Å². The highest BCUT2D eigenvalue weighted by atomic mass is 35.5. The molecule has 1 atom stereocenters. The Morgan fingerprint density at radius 1 is 1.80 bits per heavy atom. The molecular weight excluding hydrogens is 238 g/mol. The van der Waals surface area contributed by atoms with Gasteiger partial charge in [-0.25, -0.2) is 0 Å².